The molecular weight excluding hydrogens is 433 g/mol. The van der Waals surface area contributed by atoms with Crippen LogP contribution in [0.4, 0.5) is 0 Å². The summed E-state index contributed by atoms with van der Waals surface area (Å²) in [6.07, 6.45) is 6.39. The van der Waals surface area contributed by atoms with Crippen molar-refractivity contribution < 1.29 is 9.21 Å². The van der Waals surface area contributed by atoms with Gasteiger partial charge in [-0.2, -0.15) is 0 Å². The quantitative estimate of drug-likeness (QED) is 0.343. The second-order valence-electron chi connectivity index (χ2n) is 6.25. The van der Waals surface area contributed by atoms with E-state index in [4.69, 9.17) is 4.42 Å². The Bertz CT molecular complexity index is 548. The fraction of sp³-hybridized carbons (Fsp3) is 0.706. The fourth-order valence-electron chi connectivity index (χ4n) is 2.84. The van der Waals surface area contributed by atoms with Gasteiger partial charge >= 0.3 is 0 Å². The molecule has 1 heterocycles. The number of oxazole rings is 1. The van der Waals surface area contributed by atoms with Gasteiger partial charge in [-0.1, -0.05) is 19.3 Å². The Labute approximate surface area is 166 Å². The first kappa shape index (κ1) is 21.7. The van der Waals surface area contributed by atoms with E-state index in [1.807, 2.05) is 13.8 Å². The van der Waals surface area contributed by atoms with Crippen LogP contribution in [0.2, 0.25) is 0 Å². The molecule has 0 spiro atoms. The molecule has 1 fully saturated rings. The molecule has 142 valence electrons. The van der Waals surface area contributed by atoms with E-state index >= 15 is 0 Å². The molecule has 0 aromatic carbocycles. The van der Waals surface area contributed by atoms with E-state index in [2.05, 4.69) is 25.9 Å². The summed E-state index contributed by atoms with van der Waals surface area (Å²) in [5.41, 5.74) is 0.897. The lowest BCUT2D eigenvalue weighted by Crippen LogP contribution is -2.41. The van der Waals surface area contributed by atoms with Crippen LogP contribution in [0, 0.1) is 13.8 Å². The summed E-state index contributed by atoms with van der Waals surface area (Å²) in [5.74, 6) is 2.19. The highest BCUT2D eigenvalue weighted by molar-refractivity contribution is 14.0. The zero-order valence-corrected chi connectivity index (χ0v) is 17.7. The molecule has 3 N–H and O–H groups in total. The first-order chi connectivity index (χ1) is 11.6. The third-order valence-corrected chi connectivity index (χ3v) is 4.32. The number of carbonyl (C=O) groups is 1. The van der Waals surface area contributed by atoms with Gasteiger partial charge in [0.2, 0.25) is 11.8 Å². The Kier molecular flexibility index (Phi) is 9.84. The summed E-state index contributed by atoms with van der Waals surface area (Å²) in [7, 11) is 1.70. The number of hydrogen-bond donors (Lipinski definition) is 3. The van der Waals surface area contributed by atoms with Crippen molar-refractivity contribution in [2.24, 2.45) is 4.99 Å². The van der Waals surface area contributed by atoms with Crippen molar-refractivity contribution in [3.8, 4) is 0 Å². The van der Waals surface area contributed by atoms with E-state index in [0.717, 1.165) is 24.3 Å². The molecule has 1 aromatic heterocycles. The van der Waals surface area contributed by atoms with E-state index in [-0.39, 0.29) is 29.9 Å². The maximum Gasteiger partial charge on any atom is 0.221 e. The number of guanidine groups is 1. The fourth-order valence-corrected chi connectivity index (χ4v) is 2.84. The highest BCUT2D eigenvalue weighted by Gasteiger charge is 2.15. The number of nitrogens with zero attached hydrogens (tertiary/aromatic N) is 2. The second-order valence-corrected chi connectivity index (χ2v) is 6.25. The van der Waals surface area contributed by atoms with Gasteiger partial charge in [0.1, 0.15) is 5.76 Å². The predicted octanol–water partition coefficient (Wildman–Crippen LogP) is 2.41. The third kappa shape index (κ3) is 7.62. The molecule has 0 radical (unpaired) electrons. The number of aromatic nitrogens is 1. The minimum absolute atomic E-state index is 0. The van der Waals surface area contributed by atoms with Crippen molar-refractivity contribution in [1.29, 1.82) is 0 Å². The van der Waals surface area contributed by atoms with Crippen LogP contribution in [0.25, 0.3) is 0 Å². The first-order valence-electron chi connectivity index (χ1n) is 8.75. The van der Waals surface area contributed by atoms with Crippen molar-refractivity contribution >= 4 is 35.8 Å². The van der Waals surface area contributed by atoms with Crippen molar-refractivity contribution in [1.82, 2.24) is 20.9 Å². The Morgan fingerprint density at radius 2 is 1.96 bits per heavy atom. The summed E-state index contributed by atoms with van der Waals surface area (Å²) < 4.78 is 5.52. The lowest BCUT2D eigenvalue weighted by atomic mass is 9.95. The van der Waals surface area contributed by atoms with Gasteiger partial charge in [-0.15, -0.1) is 24.0 Å². The minimum Gasteiger partial charge on any atom is -0.444 e. The summed E-state index contributed by atoms with van der Waals surface area (Å²) in [4.78, 5) is 20.4. The molecular formula is C17H30IN5O2. The number of aliphatic imine (C=N–C) groups is 1. The highest BCUT2D eigenvalue weighted by atomic mass is 127. The minimum atomic E-state index is 0. The van der Waals surface area contributed by atoms with Crippen molar-refractivity contribution in [2.45, 2.75) is 65.0 Å². The smallest absolute Gasteiger partial charge is 0.221 e. The molecule has 1 saturated carbocycles. The number of aryl methyl sites for hydroxylation is 2. The Hall–Kier alpha value is -1.32. The van der Waals surface area contributed by atoms with Crippen molar-refractivity contribution in [2.75, 3.05) is 13.6 Å². The molecule has 0 aliphatic heterocycles. The summed E-state index contributed by atoms with van der Waals surface area (Å²) in [6.45, 7) is 4.81. The van der Waals surface area contributed by atoms with Crippen molar-refractivity contribution in [3.05, 3.63) is 17.3 Å². The molecule has 25 heavy (non-hydrogen) atoms. The van der Waals surface area contributed by atoms with Crippen LogP contribution in [0.15, 0.2) is 9.41 Å². The summed E-state index contributed by atoms with van der Waals surface area (Å²) in [5, 5.41) is 9.38. The molecule has 1 aliphatic carbocycles. The molecule has 1 aliphatic rings. The topological polar surface area (TPSA) is 91.5 Å². The summed E-state index contributed by atoms with van der Waals surface area (Å²) in [6, 6.07) is 0.361. The van der Waals surface area contributed by atoms with E-state index in [9.17, 15) is 4.79 Å². The average Bonchev–Trinajstić information content (AvgIpc) is 2.90. The van der Waals surface area contributed by atoms with Crippen LogP contribution in [0.5, 0.6) is 0 Å². The maximum absolute atomic E-state index is 12.0. The lowest BCUT2D eigenvalue weighted by Gasteiger charge is -2.22. The van der Waals surface area contributed by atoms with Crippen LogP contribution in [-0.2, 0) is 11.3 Å². The Morgan fingerprint density at radius 3 is 2.56 bits per heavy atom. The highest BCUT2D eigenvalue weighted by Crippen LogP contribution is 2.17. The van der Waals surface area contributed by atoms with Gasteiger partial charge in [0, 0.05) is 26.1 Å². The number of rotatable bonds is 6. The van der Waals surface area contributed by atoms with Gasteiger partial charge < -0.3 is 20.4 Å². The molecule has 1 amide bonds. The SMILES string of the molecule is CN=C(NCCC(=O)NC1CCCCC1)NCc1nc(C)c(C)o1.I. The van der Waals surface area contributed by atoms with Crippen LogP contribution >= 0.6 is 24.0 Å². The van der Waals surface area contributed by atoms with Gasteiger partial charge in [-0.05, 0) is 26.7 Å². The zero-order valence-electron chi connectivity index (χ0n) is 15.4. The first-order valence-corrected chi connectivity index (χ1v) is 8.75. The van der Waals surface area contributed by atoms with Gasteiger partial charge in [0.05, 0.1) is 12.2 Å². The Morgan fingerprint density at radius 1 is 1.24 bits per heavy atom. The molecule has 0 saturated heterocycles. The molecule has 7 nitrogen and oxygen atoms in total. The molecule has 0 unspecified atom stereocenters. The standard InChI is InChI=1S/C17H29N5O2.HI/c1-12-13(2)24-16(21-12)11-20-17(18-3)19-10-9-15(23)22-14-7-5-4-6-8-14;/h14H,4-11H2,1-3H3,(H,22,23)(H2,18,19,20);1H. The number of nitrogens with one attached hydrogen (secondary N) is 3. The predicted molar refractivity (Wildman–Crippen MR) is 109 cm³/mol. The van der Waals surface area contributed by atoms with E-state index in [1.54, 1.807) is 7.05 Å². The van der Waals surface area contributed by atoms with Gasteiger partial charge in [0.25, 0.3) is 0 Å². The van der Waals surface area contributed by atoms with Crippen LogP contribution in [0.1, 0.15) is 55.9 Å². The van der Waals surface area contributed by atoms with E-state index in [1.165, 1.54) is 19.3 Å². The molecule has 2 rings (SSSR count). The lowest BCUT2D eigenvalue weighted by molar-refractivity contribution is -0.121. The zero-order chi connectivity index (χ0) is 17.4. The van der Waals surface area contributed by atoms with Crippen LogP contribution in [-0.4, -0.2) is 36.5 Å². The monoisotopic (exact) mass is 463 g/mol. The molecule has 0 atom stereocenters. The van der Waals surface area contributed by atoms with Crippen molar-refractivity contribution in [3.63, 3.8) is 0 Å². The van der Waals surface area contributed by atoms with Gasteiger partial charge in [-0.25, -0.2) is 4.98 Å². The van der Waals surface area contributed by atoms with E-state index in [0.29, 0.717) is 37.4 Å². The Balaban J connectivity index is 0.00000312. The maximum atomic E-state index is 12.0. The second kappa shape index (κ2) is 11.3. The van der Waals surface area contributed by atoms with Crippen LogP contribution < -0.4 is 16.0 Å². The van der Waals surface area contributed by atoms with E-state index < -0.39 is 0 Å². The molecule has 8 heteroatoms. The number of carbonyl (C=O) groups excluding carboxylic acids is 1. The molecule has 1 aromatic rings. The number of hydrogen-bond acceptors (Lipinski definition) is 4. The van der Waals surface area contributed by atoms with Crippen LogP contribution in [0.3, 0.4) is 0 Å². The number of halogens is 1. The molecule has 0 bridgehead atoms. The largest absolute Gasteiger partial charge is 0.444 e. The van der Waals surface area contributed by atoms with Gasteiger partial charge in [-0.3, -0.25) is 9.79 Å². The summed E-state index contributed by atoms with van der Waals surface area (Å²) >= 11 is 0. The number of amides is 1. The average molecular weight is 463 g/mol. The third-order valence-electron chi connectivity index (χ3n) is 4.32. The normalized spacial score (nSPS) is 15.4. The van der Waals surface area contributed by atoms with Gasteiger partial charge in [0.15, 0.2) is 5.96 Å².